The van der Waals surface area contributed by atoms with Crippen LogP contribution < -0.4 is 11.3 Å². The maximum atomic E-state index is 5.75. The molecule has 2 unspecified atom stereocenters. The van der Waals surface area contributed by atoms with Gasteiger partial charge in [0.15, 0.2) is 0 Å². The predicted molar refractivity (Wildman–Crippen MR) is 79.5 cm³/mol. The van der Waals surface area contributed by atoms with Crippen molar-refractivity contribution in [3.8, 4) is 0 Å². The van der Waals surface area contributed by atoms with Gasteiger partial charge in [-0.3, -0.25) is 16.0 Å². The van der Waals surface area contributed by atoms with Crippen LogP contribution in [0.5, 0.6) is 0 Å². The summed E-state index contributed by atoms with van der Waals surface area (Å²) in [6.07, 6.45) is 3.45. The summed E-state index contributed by atoms with van der Waals surface area (Å²) < 4.78 is 1.93. The average Bonchev–Trinajstić information content (AvgIpc) is 2.74. The van der Waals surface area contributed by atoms with E-state index < -0.39 is 0 Å². The van der Waals surface area contributed by atoms with Gasteiger partial charge in [0.05, 0.1) is 17.3 Å². The molecule has 1 aromatic carbocycles. The van der Waals surface area contributed by atoms with Crippen LogP contribution in [0.2, 0.25) is 0 Å². The van der Waals surface area contributed by atoms with Gasteiger partial charge in [0, 0.05) is 12.4 Å². The van der Waals surface area contributed by atoms with Crippen LogP contribution in [0.25, 0.3) is 10.9 Å². The van der Waals surface area contributed by atoms with Gasteiger partial charge in [-0.05, 0) is 18.4 Å². The number of rotatable bonds is 6. The highest BCUT2D eigenvalue weighted by Gasteiger charge is 2.19. The van der Waals surface area contributed by atoms with Crippen molar-refractivity contribution in [2.24, 2.45) is 18.8 Å². The second kappa shape index (κ2) is 6.17. The lowest BCUT2D eigenvalue weighted by atomic mass is 9.95. The van der Waals surface area contributed by atoms with Gasteiger partial charge in [0.25, 0.3) is 0 Å². The van der Waals surface area contributed by atoms with Crippen molar-refractivity contribution >= 4 is 10.9 Å². The van der Waals surface area contributed by atoms with Crippen LogP contribution in [0.4, 0.5) is 0 Å². The molecule has 2 rings (SSSR count). The topological polar surface area (TPSA) is 55.9 Å². The van der Waals surface area contributed by atoms with Crippen LogP contribution in [-0.4, -0.2) is 9.78 Å². The fraction of sp³-hybridized carbons (Fsp3) is 0.533. The zero-order valence-corrected chi connectivity index (χ0v) is 12.1. The van der Waals surface area contributed by atoms with Crippen molar-refractivity contribution in [1.82, 2.24) is 15.2 Å². The van der Waals surface area contributed by atoms with Crippen LogP contribution in [0.1, 0.15) is 44.8 Å². The lowest BCUT2D eigenvalue weighted by Gasteiger charge is -2.18. The molecule has 0 amide bonds. The third-order valence-corrected chi connectivity index (χ3v) is 3.74. The molecular weight excluding hydrogens is 236 g/mol. The number of nitrogens with two attached hydrogens (primary N) is 1. The molecule has 1 heterocycles. The second-order valence-electron chi connectivity index (χ2n) is 5.37. The fourth-order valence-electron chi connectivity index (χ4n) is 2.77. The standard InChI is InChI=1S/C15H24N4/c1-4-7-11(2)10-13(17-16)15-12-8-5-6-9-14(12)19(3)18-15/h5-6,8-9,11,13,17H,4,7,10,16H2,1-3H3. The first kappa shape index (κ1) is 14.0. The molecule has 3 N–H and O–H groups in total. The largest absolute Gasteiger partial charge is 0.271 e. The summed E-state index contributed by atoms with van der Waals surface area (Å²) >= 11 is 0. The molecule has 0 aliphatic heterocycles. The lowest BCUT2D eigenvalue weighted by molar-refractivity contribution is 0.388. The smallest absolute Gasteiger partial charge is 0.0886 e. The Morgan fingerprint density at radius 3 is 2.79 bits per heavy atom. The minimum Gasteiger partial charge on any atom is -0.271 e. The molecule has 0 bridgehead atoms. The first-order chi connectivity index (χ1) is 9.17. The van der Waals surface area contributed by atoms with E-state index >= 15 is 0 Å². The molecule has 4 heteroatoms. The molecule has 4 nitrogen and oxygen atoms in total. The van der Waals surface area contributed by atoms with Gasteiger partial charge in [-0.25, -0.2) is 0 Å². The quantitative estimate of drug-likeness (QED) is 0.620. The molecule has 0 saturated carbocycles. The molecule has 0 aliphatic rings. The third kappa shape index (κ3) is 2.96. The number of nitrogens with zero attached hydrogens (tertiary/aromatic N) is 2. The molecule has 2 aromatic rings. The Labute approximate surface area is 114 Å². The molecule has 0 saturated heterocycles. The SMILES string of the molecule is CCCC(C)CC(NN)c1nn(C)c2ccccc12. The van der Waals surface area contributed by atoms with Gasteiger partial charge in [0.2, 0.25) is 0 Å². The fourth-order valence-corrected chi connectivity index (χ4v) is 2.77. The van der Waals surface area contributed by atoms with Crippen LogP contribution in [0.15, 0.2) is 24.3 Å². The number of hydrogen-bond acceptors (Lipinski definition) is 3. The summed E-state index contributed by atoms with van der Waals surface area (Å²) in [6.45, 7) is 4.50. The van der Waals surface area contributed by atoms with Crippen LogP contribution in [0.3, 0.4) is 0 Å². The van der Waals surface area contributed by atoms with Crippen LogP contribution in [-0.2, 0) is 7.05 Å². The molecule has 2 atom stereocenters. The van der Waals surface area contributed by atoms with Crippen molar-refractivity contribution in [3.05, 3.63) is 30.0 Å². The molecule has 104 valence electrons. The molecule has 0 aliphatic carbocycles. The minimum atomic E-state index is 0.118. The number of nitrogens with one attached hydrogen (secondary N) is 1. The number of aryl methyl sites for hydroxylation is 1. The Hall–Kier alpha value is -1.39. The van der Waals surface area contributed by atoms with Crippen molar-refractivity contribution in [3.63, 3.8) is 0 Å². The van der Waals surface area contributed by atoms with E-state index in [-0.39, 0.29) is 6.04 Å². The summed E-state index contributed by atoms with van der Waals surface area (Å²) in [5.41, 5.74) is 5.15. The number of para-hydroxylation sites is 1. The molecular formula is C15H24N4. The molecule has 0 radical (unpaired) electrons. The first-order valence-electron chi connectivity index (χ1n) is 7.05. The Morgan fingerprint density at radius 1 is 1.37 bits per heavy atom. The van der Waals surface area contributed by atoms with Gasteiger partial charge in [0.1, 0.15) is 0 Å². The van der Waals surface area contributed by atoms with E-state index in [1.54, 1.807) is 0 Å². The Kier molecular flexibility index (Phi) is 4.56. The van der Waals surface area contributed by atoms with Crippen LogP contribution >= 0.6 is 0 Å². The average molecular weight is 260 g/mol. The highest BCUT2D eigenvalue weighted by atomic mass is 15.3. The molecule has 0 fully saturated rings. The summed E-state index contributed by atoms with van der Waals surface area (Å²) in [6, 6.07) is 8.42. The molecule has 0 spiro atoms. The van der Waals surface area contributed by atoms with E-state index in [2.05, 4.69) is 42.6 Å². The Morgan fingerprint density at radius 2 is 2.11 bits per heavy atom. The molecule has 1 aromatic heterocycles. The van der Waals surface area contributed by atoms with Crippen LogP contribution in [0, 0.1) is 5.92 Å². The summed E-state index contributed by atoms with van der Waals surface area (Å²) in [4.78, 5) is 0. The first-order valence-corrected chi connectivity index (χ1v) is 7.05. The van der Waals surface area contributed by atoms with Gasteiger partial charge < -0.3 is 0 Å². The zero-order valence-electron chi connectivity index (χ0n) is 12.1. The summed E-state index contributed by atoms with van der Waals surface area (Å²) in [5, 5.41) is 5.84. The van der Waals surface area contributed by atoms with E-state index in [9.17, 15) is 0 Å². The highest BCUT2D eigenvalue weighted by molar-refractivity contribution is 5.82. The van der Waals surface area contributed by atoms with Gasteiger partial charge >= 0.3 is 0 Å². The predicted octanol–water partition coefficient (Wildman–Crippen LogP) is 2.90. The van der Waals surface area contributed by atoms with Gasteiger partial charge in [-0.1, -0.05) is 44.9 Å². The van der Waals surface area contributed by atoms with Crippen molar-refractivity contribution in [2.75, 3.05) is 0 Å². The van der Waals surface area contributed by atoms with Crippen molar-refractivity contribution in [1.29, 1.82) is 0 Å². The monoisotopic (exact) mass is 260 g/mol. The van der Waals surface area contributed by atoms with E-state index in [1.807, 2.05) is 17.8 Å². The third-order valence-electron chi connectivity index (χ3n) is 3.74. The number of hydrazine groups is 1. The normalized spacial score (nSPS) is 14.7. The summed E-state index contributed by atoms with van der Waals surface area (Å²) in [5.74, 6) is 6.40. The summed E-state index contributed by atoms with van der Waals surface area (Å²) in [7, 11) is 1.98. The van der Waals surface area contributed by atoms with Gasteiger partial charge in [-0.15, -0.1) is 0 Å². The Balaban J connectivity index is 2.30. The van der Waals surface area contributed by atoms with E-state index in [4.69, 9.17) is 5.84 Å². The van der Waals surface area contributed by atoms with Crippen molar-refractivity contribution < 1.29 is 0 Å². The lowest BCUT2D eigenvalue weighted by Crippen LogP contribution is -2.30. The zero-order chi connectivity index (χ0) is 13.8. The van der Waals surface area contributed by atoms with E-state index in [0.717, 1.165) is 17.6 Å². The second-order valence-corrected chi connectivity index (χ2v) is 5.37. The molecule has 19 heavy (non-hydrogen) atoms. The van der Waals surface area contributed by atoms with Crippen molar-refractivity contribution in [2.45, 2.75) is 39.2 Å². The van der Waals surface area contributed by atoms with E-state index in [1.165, 1.54) is 18.2 Å². The highest BCUT2D eigenvalue weighted by Crippen LogP contribution is 2.28. The Bertz CT molecular complexity index is 532. The van der Waals surface area contributed by atoms with Gasteiger partial charge in [-0.2, -0.15) is 5.10 Å². The maximum absolute atomic E-state index is 5.75. The number of fused-ring (bicyclic) bond motifs is 1. The van der Waals surface area contributed by atoms with E-state index in [0.29, 0.717) is 5.92 Å². The maximum Gasteiger partial charge on any atom is 0.0886 e. The number of benzene rings is 1. The number of hydrogen-bond donors (Lipinski definition) is 2. The number of aromatic nitrogens is 2. The minimum absolute atomic E-state index is 0.118.